The molecule has 5 nitrogen and oxygen atoms in total. The van der Waals surface area contributed by atoms with Gasteiger partial charge in [-0.2, -0.15) is 0 Å². The van der Waals surface area contributed by atoms with Crippen molar-refractivity contribution in [3.63, 3.8) is 0 Å². The number of likely N-dealkylation sites (N-methyl/N-ethyl adjacent to an activating group) is 1. The minimum atomic E-state index is -0.00201. The lowest BCUT2D eigenvalue weighted by Crippen LogP contribution is -2.37. The van der Waals surface area contributed by atoms with Crippen molar-refractivity contribution in [1.82, 2.24) is 4.90 Å². The summed E-state index contributed by atoms with van der Waals surface area (Å²) >= 11 is 0. The van der Waals surface area contributed by atoms with Gasteiger partial charge >= 0.3 is 0 Å². The van der Waals surface area contributed by atoms with Crippen LogP contribution in [-0.4, -0.2) is 43.0 Å². The van der Waals surface area contributed by atoms with Gasteiger partial charge in [0.1, 0.15) is 11.6 Å². The zero-order valence-corrected chi connectivity index (χ0v) is 13.2. The number of amidine groups is 1. The Morgan fingerprint density at radius 3 is 2.71 bits per heavy atom. The van der Waals surface area contributed by atoms with Crippen LogP contribution in [0.25, 0.3) is 0 Å². The first-order valence-electron chi connectivity index (χ1n) is 7.77. The van der Waals surface area contributed by atoms with Crippen molar-refractivity contribution in [3.8, 4) is 5.75 Å². The summed E-state index contributed by atoms with van der Waals surface area (Å²) in [6, 6.07) is 5.66. The Balaban J connectivity index is 2.08. The van der Waals surface area contributed by atoms with Gasteiger partial charge in [0.25, 0.3) is 0 Å². The summed E-state index contributed by atoms with van der Waals surface area (Å²) in [6.45, 7) is 10.3. The van der Waals surface area contributed by atoms with Crippen molar-refractivity contribution in [2.75, 3.05) is 37.2 Å². The van der Waals surface area contributed by atoms with E-state index in [1.807, 2.05) is 18.2 Å². The smallest absolute Gasteiger partial charge is 0.155 e. The number of aliphatic imine (C=N–C) groups is 1. The van der Waals surface area contributed by atoms with E-state index < -0.39 is 0 Å². The molecule has 5 heteroatoms. The Labute approximate surface area is 127 Å². The number of nitrogen functional groups attached to an aromatic ring is 1. The van der Waals surface area contributed by atoms with Gasteiger partial charge in [-0.1, -0.05) is 20.8 Å². The van der Waals surface area contributed by atoms with Gasteiger partial charge in [-0.3, -0.25) is 4.99 Å². The number of benzene rings is 1. The quantitative estimate of drug-likeness (QED) is 0.791. The first-order chi connectivity index (χ1) is 10.2. The predicted molar refractivity (Wildman–Crippen MR) is 89.3 cm³/mol. The second-order valence-electron chi connectivity index (χ2n) is 5.19. The largest absolute Gasteiger partial charge is 0.480 e. The number of nitrogens with zero attached hydrogens (tertiary/aromatic N) is 2. The summed E-state index contributed by atoms with van der Waals surface area (Å²) in [6.07, 6.45) is 0.888. The normalized spacial score (nSPS) is 19.2. The van der Waals surface area contributed by atoms with Crippen LogP contribution in [-0.2, 0) is 0 Å². The second-order valence-corrected chi connectivity index (χ2v) is 5.19. The van der Waals surface area contributed by atoms with E-state index in [9.17, 15) is 0 Å². The molecule has 1 unspecified atom stereocenters. The Morgan fingerprint density at radius 1 is 1.29 bits per heavy atom. The summed E-state index contributed by atoms with van der Waals surface area (Å²) in [4.78, 5) is 7.06. The van der Waals surface area contributed by atoms with Gasteiger partial charge in [0, 0.05) is 12.2 Å². The third kappa shape index (κ3) is 3.88. The first kappa shape index (κ1) is 15.6. The number of hydrogen-bond acceptors (Lipinski definition) is 4. The molecule has 0 aromatic heterocycles. The van der Waals surface area contributed by atoms with Gasteiger partial charge in [-0.25, -0.2) is 0 Å². The molecule has 0 amide bonds. The van der Waals surface area contributed by atoms with E-state index in [4.69, 9.17) is 15.5 Å². The monoisotopic (exact) mass is 290 g/mol. The van der Waals surface area contributed by atoms with Crippen LogP contribution in [0.15, 0.2) is 23.2 Å². The van der Waals surface area contributed by atoms with E-state index in [1.165, 1.54) is 0 Å². The van der Waals surface area contributed by atoms with Gasteiger partial charge in [0.05, 0.1) is 12.2 Å². The van der Waals surface area contributed by atoms with Gasteiger partial charge in [-0.15, -0.1) is 0 Å². The maximum Gasteiger partial charge on any atom is 0.155 e. The van der Waals surface area contributed by atoms with E-state index in [0.717, 1.165) is 55.6 Å². The Morgan fingerprint density at radius 2 is 2.05 bits per heavy atom. The van der Waals surface area contributed by atoms with Crippen LogP contribution in [0.4, 0.5) is 11.4 Å². The number of hydrogen-bond donors (Lipinski definition) is 2. The summed E-state index contributed by atoms with van der Waals surface area (Å²) in [5.74, 6) is 1.75. The summed E-state index contributed by atoms with van der Waals surface area (Å²) in [5, 5.41) is 3.38. The highest BCUT2D eigenvalue weighted by Crippen LogP contribution is 2.32. The summed E-state index contributed by atoms with van der Waals surface area (Å²) in [7, 11) is 0. The highest BCUT2D eigenvalue weighted by molar-refractivity contribution is 6.02. The van der Waals surface area contributed by atoms with Crippen molar-refractivity contribution in [2.24, 2.45) is 4.99 Å². The fourth-order valence-corrected chi connectivity index (χ4v) is 2.45. The van der Waals surface area contributed by atoms with Crippen LogP contribution < -0.4 is 15.8 Å². The minimum absolute atomic E-state index is 0.00201. The fourth-order valence-electron chi connectivity index (χ4n) is 2.45. The van der Waals surface area contributed by atoms with Crippen molar-refractivity contribution >= 4 is 17.2 Å². The molecule has 1 aromatic carbocycles. The number of ether oxygens (including phenoxy) is 1. The fraction of sp³-hybridized carbons (Fsp3) is 0.562. The van der Waals surface area contributed by atoms with E-state index in [0.29, 0.717) is 0 Å². The lowest BCUT2D eigenvalue weighted by molar-refractivity contribution is 0.257. The van der Waals surface area contributed by atoms with Crippen molar-refractivity contribution in [2.45, 2.75) is 33.3 Å². The highest BCUT2D eigenvalue weighted by Gasteiger charge is 2.24. The van der Waals surface area contributed by atoms with Crippen molar-refractivity contribution in [1.29, 1.82) is 0 Å². The van der Waals surface area contributed by atoms with Crippen LogP contribution in [0, 0.1) is 0 Å². The third-order valence-electron chi connectivity index (χ3n) is 3.80. The Bertz CT molecular complexity index is 497. The molecule has 3 N–H and O–H groups in total. The lowest BCUT2D eigenvalue weighted by Gasteiger charge is -2.28. The molecular formula is C16H26N4O. The molecule has 1 atom stereocenters. The molecule has 2 rings (SSSR count). The van der Waals surface area contributed by atoms with Crippen LogP contribution in [0.2, 0.25) is 0 Å². The van der Waals surface area contributed by atoms with Crippen LogP contribution >= 0.6 is 0 Å². The molecule has 1 aliphatic rings. The molecule has 116 valence electrons. The summed E-state index contributed by atoms with van der Waals surface area (Å²) in [5.41, 5.74) is 7.46. The molecule has 1 heterocycles. The average Bonchev–Trinajstić information content (AvgIpc) is 2.50. The SMILES string of the molecule is CCC1Oc2ccc(N)cc2NC1=NCCN(CC)CC. The zero-order chi connectivity index (χ0) is 15.2. The van der Waals surface area contributed by atoms with E-state index in [1.54, 1.807) is 0 Å². The van der Waals surface area contributed by atoms with Gasteiger partial charge in [-0.05, 0) is 37.7 Å². The number of rotatable bonds is 6. The molecule has 1 aromatic rings. The number of fused-ring (bicyclic) bond motifs is 1. The average molecular weight is 290 g/mol. The first-order valence-corrected chi connectivity index (χ1v) is 7.77. The molecule has 0 saturated carbocycles. The van der Waals surface area contributed by atoms with Crippen LogP contribution in [0.1, 0.15) is 27.2 Å². The zero-order valence-electron chi connectivity index (χ0n) is 13.2. The van der Waals surface area contributed by atoms with Crippen molar-refractivity contribution in [3.05, 3.63) is 18.2 Å². The molecule has 21 heavy (non-hydrogen) atoms. The minimum Gasteiger partial charge on any atom is -0.480 e. The van der Waals surface area contributed by atoms with Gasteiger partial charge < -0.3 is 20.7 Å². The maximum absolute atomic E-state index is 6.00. The predicted octanol–water partition coefficient (Wildman–Crippen LogP) is 2.59. The molecule has 0 aliphatic carbocycles. The topological polar surface area (TPSA) is 62.9 Å². The molecule has 0 bridgehead atoms. The highest BCUT2D eigenvalue weighted by atomic mass is 16.5. The van der Waals surface area contributed by atoms with E-state index in [-0.39, 0.29) is 6.10 Å². The van der Waals surface area contributed by atoms with Crippen LogP contribution in [0.3, 0.4) is 0 Å². The Hall–Kier alpha value is -1.75. The number of nitrogens with one attached hydrogen (secondary N) is 1. The molecular weight excluding hydrogens is 264 g/mol. The number of anilines is 2. The molecule has 0 spiro atoms. The van der Waals surface area contributed by atoms with Crippen molar-refractivity contribution < 1.29 is 4.74 Å². The van der Waals surface area contributed by atoms with E-state index >= 15 is 0 Å². The lowest BCUT2D eigenvalue weighted by atomic mass is 10.1. The molecule has 0 radical (unpaired) electrons. The van der Waals surface area contributed by atoms with Gasteiger partial charge in [0.15, 0.2) is 6.10 Å². The number of nitrogens with two attached hydrogens (primary N) is 1. The molecule has 1 aliphatic heterocycles. The van der Waals surface area contributed by atoms with Crippen LogP contribution in [0.5, 0.6) is 5.75 Å². The third-order valence-corrected chi connectivity index (χ3v) is 3.80. The molecule has 0 saturated heterocycles. The Kier molecular flexibility index (Phi) is 5.44. The maximum atomic E-state index is 6.00. The van der Waals surface area contributed by atoms with E-state index in [2.05, 4.69) is 31.0 Å². The van der Waals surface area contributed by atoms with Gasteiger partial charge in [0.2, 0.25) is 0 Å². The summed E-state index contributed by atoms with van der Waals surface area (Å²) < 4.78 is 6.00. The standard InChI is InChI=1S/C16H26N4O/c1-4-14-16(18-9-10-20(5-2)6-3)19-13-11-12(17)7-8-15(13)21-14/h7-8,11,14H,4-6,9-10,17H2,1-3H3,(H,18,19). The molecule has 0 fully saturated rings. The second kappa shape index (κ2) is 7.31.